The molecule has 5 aromatic rings. The van der Waals surface area contributed by atoms with Crippen LogP contribution in [0.4, 0.5) is 10.5 Å². The predicted octanol–water partition coefficient (Wildman–Crippen LogP) is 5.30. The molecule has 2 N–H and O–H groups in total. The Morgan fingerprint density at radius 3 is 2.43 bits per heavy atom. The lowest BCUT2D eigenvalue weighted by Gasteiger charge is -2.43. The molecule has 1 aliphatic heterocycles. The van der Waals surface area contributed by atoms with Gasteiger partial charge in [0.25, 0.3) is 0 Å². The van der Waals surface area contributed by atoms with Crippen molar-refractivity contribution in [2.45, 2.75) is 43.8 Å². The Kier molecular flexibility index (Phi) is 12.3. The highest BCUT2D eigenvalue weighted by atomic mass is 16.6. The third kappa shape index (κ3) is 9.57. The monoisotopic (exact) mass is 727 g/mol. The second kappa shape index (κ2) is 17.6. The Bertz CT molecular complexity index is 1960. The van der Waals surface area contributed by atoms with Gasteiger partial charge in [0.15, 0.2) is 5.75 Å². The second-order valence-corrected chi connectivity index (χ2v) is 12.6. The molecule has 6 rings (SSSR count). The SMILES string of the molecule is COc1cc(CO[C@H]2CN(C(=O)O)C[C@@H](OC[C@H](O)Cn3cncn3)[C@@H]2c2ccc(OCCCOc3ccccc3[N+](=O)[O-])cc2)cc2ccccc12. The zero-order valence-electron chi connectivity index (χ0n) is 29.1. The first-order valence-corrected chi connectivity index (χ1v) is 17.1. The molecule has 1 fully saturated rings. The number of rotatable bonds is 17. The standard InChI is InChI=1S/C38H41N5O10/c1-49-34-18-26(17-28-7-2-3-8-31(28)34)22-52-35-20-41(38(45)46)21-36(53-23-29(44)19-42-25-39-24-40-42)37(35)27-11-13-30(14-12-27)50-15-6-16-51-33-10-5-4-9-32(33)43(47)48/h2-5,7-14,17-18,24-25,29,35-37,44H,6,15-16,19-23H2,1H3,(H,45,46)/t29-,35+,36-,37-/m1/s1. The lowest BCUT2D eigenvalue weighted by molar-refractivity contribution is -0.385. The van der Waals surface area contributed by atoms with Gasteiger partial charge in [0, 0.05) is 23.8 Å². The van der Waals surface area contributed by atoms with Crippen LogP contribution < -0.4 is 14.2 Å². The van der Waals surface area contributed by atoms with Gasteiger partial charge in [-0.25, -0.2) is 9.78 Å². The number of para-hydroxylation sites is 2. The van der Waals surface area contributed by atoms with Crippen molar-refractivity contribution in [3.8, 4) is 17.2 Å². The lowest BCUT2D eigenvalue weighted by atomic mass is 9.84. The maximum atomic E-state index is 12.3. The number of fused-ring (bicyclic) bond motifs is 1. The molecule has 4 atom stereocenters. The molecule has 0 spiro atoms. The Labute approximate surface area is 305 Å². The van der Waals surface area contributed by atoms with E-state index < -0.39 is 35.2 Å². The van der Waals surface area contributed by atoms with Crippen molar-refractivity contribution in [1.29, 1.82) is 0 Å². The first kappa shape index (κ1) is 37.0. The fraction of sp³-hybridized carbons (Fsp3) is 0.342. The molecule has 0 bridgehead atoms. The number of piperidine rings is 1. The van der Waals surface area contributed by atoms with E-state index in [4.69, 9.17) is 23.7 Å². The van der Waals surface area contributed by atoms with E-state index >= 15 is 0 Å². The number of likely N-dealkylation sites (tertiary alicyclic amines) is 1. The number of benzene rings is 4. The summed E-state index contributed by atoms with van der Waals surface area (Å²) in [6, 6.07) is 25.5. The van der Waals surface area contributed by atoms with Crippen molar-refractivity contribution in [1.82, 2.24) is 19.7 Å². The Balaban J connectivity index is 1.17. The Morgan fingerprint density at radius 2 is 1.70 bits per heavy atom. The van der Waals surface area contributed by atoms with E-state index in [9.17, 15) is 25.1 Å². The largest absolute Gasteiger partial charge is 0.496 e. The molecule has 1 aliphatic rings. The molecule has 15 nitrogen and oxygen atoms in total. The molecule has 0 unspecified atom stereocenters. The number of carboxylic acid groups (broad SMARTS) is 1. The summed E-state index contributed by atoms with van der Waals surface area (Å²) in [7, 11) is 1.62. The number of hydrogen-bond acceptors (Lipinski definition) is 11. The van der Waals surface area contributed by atoms with Gasteiger partial charge in [-0.1, -0.05) is 48.5 Å². The summed E-state index contributed by atoms with van der Waals surface area (Å²) in [5.41, 5.74) is 1.62. The van der Waals surface area contributed by atoms with E-state index in [1.807, 2.05) is 60.7 Å². The third-order valence-electron chi connectivity index (χ3n) is 8.95. The molecular formula is C38H41N5O10. The van der Waals surface area contributed by atoms with E-state index in [1.165, 1.54) is 28.3 Å². The molecule has 0 saturated carbocycles. The van der Waals surface area contributed by atoms with E-state index in [-0.39, 0.29) is 50.9 Å². The molecule has 0 radical (unpaired) electrons. The van der Waals surface area contributed by atoms with Gasteiger partial charge < -0.3 is 38.8 Å². The van der Waals surface area contributed by atoms with Gasteiger partial charge in [0.1, 0.15) is 24.2 Å². The van der Waals surface area contributed by atoms with Crippen molar-refractivity contribution in [2.24, 2.45) is 0 Å². The molecule has 15 heteroatoms. The van der Waals surface area contributed by atoms with E-state index in [0.29, 0.717) is 24.5 Å². The number of nitro benzene ring substituents is 1. The average Bonchev–Trinajstić information content (AvgIpc) is 3.69. The van der Waals surface area contributed by atoms with Crippen molar-refractivity contribution in [2.75, 3.05) is 40.0 Å². The molecule has 1 amide bonds. The van der Waals surface area contributed by atoms with Crippen molar-refractivity contribution in [3.05, 3.63) is 119 Å². The maximum Gasteiger partial charge on any atom is 0.407 e. The normalized spacial score (nSPS) is 17.7. The molecule has 4 aromatic carbocycles. The minimum Gasteiger partial charge on any atom is -0.496 e. The minimum absolute atomic E-state index is 0.0670. The van der Waals surface area contributed by atoms with Gasteiger partial charge in [-0.15, -0.1) is 0 Å². The number of hydrogen-bond donors (Lipinski definition) is 2. The first-order chi connectivity index (χ1) is 25.8. The molecule has 1 saturated heterocycles. The topological polar surface area (TPSA) is 181 Å². The molecule has 0 aliphatic carbocycles. The van der Waals surface area contributed by atoms with E-state index in [2.05, 4.69) is 10.1 Å². The number of carbonyl (C=O) groups is 1. The van der Waals surface area contributed by atoms with Crippen LogP contribution in [0.2, 0.25) is 0 Å². The van der Waals surface area contributed by atoms with Crippen LogP contribution in [0, 0.1) is 10.1 Å². The summed E-state index contributed by atoms with van der Waals surface area (Å²) in [6.07, 6.45) is 0.0708. The van der Waals surface area contributed by atoms with Gasteiger partial charge in [-0.05, 0) is 46.8 Å². The van der Waals surface area contributed by atoms with Gasteiger partial charge in [0.2, 0.25) is 0 Å². The number of ether oxygens (including phenoxy) is 5. The highest BCUT2D eigenvalue weighted by molar-refractivity contribution is 5.89. The lowest BCUT2D eigenvalue weighted by Crippen LogP contribution is -2.54. The Morgan fingerprint density at radius 1 is 0.962 bits per heavy atom. The zero-order chi connectivity index (χ0) is 37.2. The van der Waals surface area contributed by atoms with Crippen LogP contribution in [0.1, 0.15) is 23.5 Å². The molecule has 2 heterocycles. The number of nitro groups is 1. The van der Waals surface area contributed by atoms with Crippen LogP contribution in [-0.2, 0) is 22.6 Å². The van der Waals surface area contributed by atoms with E-state index in [0.717, 1.165) is 21.9 Å². The number of aliphatic hydroxyl groups excluding tert-OH is 1. The molecular weight excluding hydrogens is 686 g/mol. The molecule has 53 heavy (non-hydrogen) atoms. The van der Waals surface area contributed by atoms with Crippen LogP contribution >= 0.6 is 0 Å². The van der Waals surface area contributed by atoms with Crippen LogP contribution in [-0.4, -0.2) is 99.2 Å². The van der Waals surface area contributed by atoms with Crippen LogP contribution in [0.5, 0.6) is 17.2 Å². The fourth-order valence-electron chi connectivity index (χ4n) is 6.44. The van der Waals surface area contributed by atoms with Crippen LogP contribution in [0.25, 0.3) is 10.8 Å². The Hall–Kier alpha value is -5.77. The zero-order valence-corrected chi connectivity index (χ0v) is 29.1. The number of amides is 1. The molecule has 278 valence electrons. The van der Waals surface area contributed by atoms with E-state index in [1.54, 1.807) is 25.3 Å². The van der Waals surface area contributed by atoms with Gasteiger partial charge in [0.05, 0.1) is 76.4 Å². The number of methoxy groups -OCH3 is 1. The summed E-state index contributed by atoms with van der Waals surface area (Å²) in [6.45, 7) is 0.984. The molecule has 1 aromatic heterocycles. The maximum absolute atomic E-state index is 12.3. The smallest absolute Gasteiger partial charge is 0.407 e. The van der Waals surface area contributed by atoms with Gasteiger partial charge in [-0.2, -0.15) is 5.10 Å². The average molecular weight is 728 g/mol. The summed E-state index contributed by atoms with van der Waals surface area (Å²) >= 11 is 0. The minimum atomic E-state index is -1.10. The first-order valence-electron chi connectivity index (χ1n) is 17.1. The summed E-state index contributed by atoms with van der Waals surface area (Å²) in [4.78, 5) is 28.3. The number of aromatic nitrogens is 3. The van der Waals surface area contributed by atoms with Gasteiger partial charge in [-0.3, -0.25) is 14.8 Å². The summed E-state index contributed by atoms with van der Waals surface area (Å²) in [5.74, 6) is 1.11. The summed E-state index contributed by atoms with van der Waals surface area (Å²) in [5, 5.41) is 38.1. The highest BCUT2D eigenvalue weighted by Gasteiger charge is 2.41. The predicted molar refractivity (Wildman–Crippen MR) is 192 cm³/mol. The second-order valence-electron chi connectivity index (χ2n) is 12.6. The number of aliphatic hydroxyl groups is 1. The van der Waals surface area contributed by atoms with Gasteiger partial charge >= 0.3 is 11.8 Å². The van der Waals surface area contributed by atoms with Crippen molar-refractivity contribution >= 4 is 22.6 Å². The quantitative estimate of drug-likeness (QED) is 0.0718. The van der Waals surface area contributed by atoms with Crippen molar-refractivity contribution in [3.63, 3.8) is 0 Å². The van der Waals surface area contributed by atoms with Crippen molar-refractivity contribution < 1.29 is 43.6 Å². The summed E-state index contributed by atoms with van der Waals surface area (Å²) < 4.78 is 31.6. The van der Waals surface area contributed by atoms with Crippen LogP contribution in [0.15, 0.2) is 97.6 Å². The fourth-order valence-corrected chi connectivity index (χ4v) is 6.44. The van der Waals surface area contributed by atoms with Crippen LogP contribution in [0.3, 0.4) is 0 Å². The highest BCUT2D eigenvalue weighted by Crippen LogP contribution is 2.35. The third-order valence-corrected chi connectivity index (χ3v) is 8.95. The number of nitrogens with zero attached hydrogens (tertiary/aromatic N) is 5.